The van der Waals surface area contributed by atoms with E-state index in [1.54, 1.807) is 18.2 Å². The van der Waals surface area contributed by atoms with Crippen molar-refractivity contribution < 1.29 is 19.4 Å². The van der Waals surface area contributed by atoms with Gasteiger partial charge in [-0.3, -0.25) is 4.79 Å². The lowest BCUT2D eigenvalue weighted by Crippen LogP contribution is -2.45. The molecule has 0 aliphatic carbocycles. The fourth-order valence-corrected chi connectivity index (χ4v) is 3.20. The number of nitrogens with one attached hydrogen (secondary N) is 1. The first-order chi connectivity index (χ1) is 9.58. The number of carbonyl (C=O) groups excluding carboxylic acids is 2. The summed E-state index contributed by atoms with van der Waals surface area (Å²) in [7, 11) is 0. The van der Waals surface area contributed by atoms with Gasteiger partial charge in [0.1, 0.15) is 0 Å². The van der Waals surface area contributed by atoms with Gasteiger partial charge in [0, 0.05) is 15.5 Å². The molecule has 1 aromatic rings. The minimum Gasteiger partial charge on any atom is -0.550 e. The molecular formula is C14H11INO4-. The number of para-hydroxylation sites is 1. The molecule has 2 aliphatic heterocycles. The summed E-state index contributed by atoms with van der Waals surface area (Å²) in [5.74, 6) is -3.26. The van der Waals surface area contributed by atoms with Gasteiger partial charge in [-0.15, -0.1) is 0 Å². The molecular weight excluding hydrogens is 373 g/mol. The van der Waals surface area contributed by atoms with Gasteiger partial charge in [-0.2, -0.15) is 0 Å². The van der Waals surface area contributed by atoms with E-state index in [0.717, 1.165) is 3.57 Å². The summed E-state index contributed by atoms with van der Waals surface area (Å²) >= 11 is 2.11. The van der Waals surface area contributed by atoms with Gasteiger partial charge in [0.2, 0.25) is 5.91 Å². The van der Waals surface area contributed by atoms with Gasteiger partial charge in [-0.1, -0.05) is 24.3 Å². The van der Waals surface area contributed by atoms with Gasteiger partial charge >= 0.3 is 0 Å². The fraction of sp³-hybridized carbons (Fsp3) is 0.286. The zero-order valence-corrected chi connectivity index (χ0v) is 12.4. The number of carboxylic acids is 1. The number of fused-ring (bicyclic) bond motifs is 2. The van der Waals surface area contributed by atoms with Gasteiger partial charge in [0.05, 0.1) is 23.8 Å². The number of hydrogen-bond donors (Lipinski definition) is 1. The topological polar surface area (TPSA) is 78.5 Å². The van der Waals surface area contributed by atoms with Gasteiger partial charge in [0.25, 0.3) is 0 Å². The highest BCUT2D eigenvalue weighted by molar-refractivity contribution is 14.1. The first kappa shape index (κ1) is 13.6. The van der Waals surface area contributed by atoms with Gasteiger partial charge in [-0.25, -0.2) is 0 Å². The molecule has 2 aliphatic rings. The third kappa shape index (κ3) is 2.22. The van der Waals surface area contributed by atoms with E-state index in [1.807, 2.05) is 18.2 Å². The van der Waals surface area contributed by atoms with Crippen molar-refractivity contribution in [3.05, 3.63) is 40.0 Å². The molecule has 3 rings (SSSR count). The van der Waals surface area contributed by atoms with Crippen molar-refractivity contribution in [2.24, 2.45) is 11.8 Å². The number of rotatable bonds is 3. The van der Waals surface area contributed by atoms with E-state index in [0.29, 0.717) is 5.69 Å². The predicted octanol–water partition coefficient (Wildman–Crippen LogP) is 0.549. The largest absolute Gasteiger partial charge is 0.550 e. The molecule has 2 heterocycles. The Balaban J connectivity index is 1.82. The maximum atomic E-state index is 12.4. The summed E-state index contributed by atoms with van der Waals surface area (Å²) in [5.41, 5.74) is 0.668. The van der Waals surface area contributed by atoms with Crippen LogP contribution in [0.4, 0.5) is 5.69 Å². The van der Waals surface area contributed by atoms with Crippen molar-refractivity contribution >= 4 is 40.2 Å². The summed E-state index contributed by atoms with van der Waals surface area (Å²) in [6.07, 6.45) is 2.38. The number of halogens is 1. The lowest BCUT2D eigenvalue weighted by molar-refractivity contribution is -0.313. The molecule has 104 valence electrons. The van der Waals surface area contributed by atoms with Crippen molar-refractivity contribution in [3.63, 3.8) is 0 Å². The number of anilines is 1. The molecule has 0 spiro atoms. The average molecular weight is 384 g/mol. The van der Waals surface area contributed by atoms with Crippen molar-refractivity contribution in [3.8, 4) is 0 Å². The van der Waals surface area contributed by atoms with Crippen molar-refractivity contribution in [2.75, 3.05) is 5.32 Å². The number of carbonyl (C=O) groups is 2. The molecule has 0 radical (unpaired) electrons. The Morgan fingerprint density at radius 3 is 2.45 bits per heavy atom. The molecule has 0 unspecified atom stereocenters. The molecule has 1 N–H and O–H groups in total. The van der Waals surface area contributed by atoms with Gasteiger partial charge < -0.3 is 20.0 Å². The van der Waals surface area contributed by atoms with Crippen LogP contribution in [-0.4, -0.2) is 24.1 Å². The van der Waals surface area contributed by atoms with Crippen LogP contribution in [0.25, 0.3) is 0 Å². The number of ether oxygens (including phenoxy) is 1. The molecule has 2 bridgehead atoms. The predicted molar refractivity (Wildman–Crippen MR) is 77.6 cm³/mol. The lowest BCUT2D eigenvalue weighted by atomic mass is 9.82. The van der Waals surface area contributed by atoms with E-state index in [9.17, 15) is 14.7 Å². The third-order valence-electron chi connectivity index (χ3n) is 3.61. The third-order valence-corrected chi connectivity index (χ3v) is 4.55. The van der Waals surface area contributed by atoms with Crippen LogP contribution in [-0.2, 0) is 14.3 Å². The summed E-state index contributed by atoms with van der Waals surface area (Å²) < 4.78 is 6.34. The Morgan fingerprint density at radius 2 is 1.80 bits per heavy atom. The van der Waals surface area contributed by atoms with Crippen LogP contribution in [0.2, 0.25) is 0 Å². The summed E-state index contributed by atoms with van der Waals surface area (Å²) in [5, 5.41) is 14.0. The molecule has 20 heavy (non-hydrogen) atoms. The van der Waals surface area contributed by atoms with Crippen LogP contribution in [0, 0.1) is 15.4 Å². The molecule has 1 amide bonds. The standard InChI is InChI=1S/C14H12INO4/c15-7-3-1-2-4-8(7)16-13(17)11-9-5-6-10(20-9)12(11)14(18)19/h1-6,9-12H,(H,16,17)(H,18,19)/p-1/t9-,10+,11+,12-/m0/s1. The Kier molecular flexibility index (Phi) is 3.51. The second-order valence-corrected chi connectivity index (χ2v) is 5.95. The van der Waals surface area contributed by atoms with Crippen LogP contribution >= 0.6 is 22.6 Å². The Labute approximate surface area is 129 Å². The van der Waals surface area contributed by atoms with E-state index < -0.39 is 30.0 Å². The van der Waals surface area contributed by atoms with Crippen LogP contribution in [0.5, 0.6) is 0 Å². The zero-order chi connectivity index (χ0) is 14.3. The van der Waals surface area contributed by atoms with E-state index in [-0.39, 0.29) is 5.91 Å². The minimum absolute atomic E-state index is 0.347. The van der Waals surface area contributed by atoms with Gasteiger partial charge in [-0.05, 0) is 34.7 Å². The highest BCUT2D eigenvalue weighted by Gasteiger charge is 2.50. The number of benzene rings is 1. The zero-order valence-electron chi connectivity index (χ0n) is 10.3. The van der Waals surface area contributed by atoms with E-state index in [4.69, 9.17) is 4.74 Å². The fourth-order valence-electron chi connectivity index (χ4n) is 2.68. The molecule has 0 aromatic heterocycles. The number of amides is 1. The maximum absolute atomic E-state index is 12.4. The molecule has 1 fully saturated rings. The van der Waals surface area contributed by atoms with Crippen molar-refractivity contribution in [1.82, 2.24) is 0 Å². The smallest absolute Gasteiger partial charge is 0.231 e. The SMILES string of the molecule is O=C([O-])[C@@H]1[C@H](C(=O)Nc2ccccc2I)[C@@H]2C=C[C@H]1O2. The lowest BCUT2D eigenvalue weighted by Gasteiger charge is -2.25. The van der Waals surface area contributed by atoms with Crippen molar-refractivity contribution in [2.45, 2.75) is 12.2 Å². The highest BCUT2D eigenvalue weighted by atomic mass is 127. The molecule has 1 saturated heterocycles. The number of aliphatic carboxylic acids is 1. The first-order valence-electron chi connectivity index (χ1n) is 6.18. The molecule has 4 atom stereocenters. The monoisotopic (exact) mass is 384 g/mol. The van der Waals surface area contributed by atoms with Crippen LogP contribution in [0.3, 0.4) is 0 Å². The van der Waals surface area contributed by atoms with E-state index in [1.165, 1.54) is 0 Å². The summed E-state index contributed by atoms with van der Waals surface area (Å²) in [4.78, 5) is 23.6. The Hall–Kier alpha value is -1.41. The molecule has 0 saturated carbocycles. The quantitative estimate of drug-likeness (QED) is 0.610. The second-order valence-electron chi connectivity index (χ2n) is 4.79. The molecule has 5 nitrogen and oxygen atoms in total. The second kappa shape index (κ2) is 5.17. The number of carboxylic acid groups (broad SMARTS) is 1. The minimum atomic E-state index is -1.25. The van der Waals surface area contributed by atoms with E-state index in [2.05, 4.69) is 27.9 Å². The van der Waals surface area contributed by atoms with Crippen LogP contribution in [0.15, 0.2) is 36.4 Å². The Morgan fingerprint density at radius 1 is 1.15 bits per heavy atom. The Bertz CT molecular complexity index is 601. The van der Waals surface area contributed by atoms with Crippen LogP contribution in [0.1, 0.15) is 0 Å². The molecule has 6 heteroatoms. The van der Waals surface area contributed by atoms with Crippen LogP contribution < -0.4 is 10.4 Å². The highest BCUT2D eigenvalue weighted by Crippen LogP contribution is 2.39. The summed E-state index contributed by atoms with van der Waals surface area (Å²) in [6, 6.07) is 7.32. The average Bonchev–Trinajstić information content (AvgIpc) is 3.01. The summed E-state index contributed by atoms with van der Waals surface area (Å²) in [6.45, 7) is 0. The van der Waals surface area contributed by atoms with E-state index >= 15 is 0 Å². The molecule has 1 aromatic carbocycles. The normalized spacial score (nSPS) is 30.4. The van der Waals surface area contributed by atoms with Crippen molar-refractivity contribution in [1.29, 1.82) is 0 Å². The van der Waals surface area contributed by atoms with Gasteiger partial charge in [0.15, 0.2) is 0 Å². The number of hydrogen-bond acceptors (Lipinski definition) is 4. The first-order valence-corrected chi connectivity index (χ1v) is 7.26. The maximum Gasteiger partial charge on any atom is 0.231 e.